The van der Waals surface area contributed by atoms with Gasteiger partial charge in [0, 0.05) is 10.5 Å². The van der Waals surface area contributed by atoms with Gasteiger partial charge in [0.25, 0.3) is 0 Å². The molecule has 1 aromatic carbocycles. The van der Waals surface area contributed by atoms with E-state index in [2.05, 4.69) is 26.0 Å². The van der Waals surface area contributed by atoms with Gasteiger partial charge in [0.05, 0.1) is 4.90 Å². The molecule has 1 fully saturated rings. The van der Waals surface area contributed by atoms with Gasteiger partial charge in [0.2, 0.25) is 10.0 Å². The van der Waals surface area contributed by atoms with Crippen molar-refractivity contribution in [2.24, 2.45) is 5.92 Å². The highest BCUT2D eigenvalue weighted by Gasteiger charge is 2.26. The van der Waals surface area contributed by atoms with E-state index in [-0.39, 0.29) is 18.4 Å². The Kier molecular flexibility index (Phi) is 7.13. The summed E-state index contributed by atoms with van der Waals surface area (Å²) in [6.45, 7) is 5.66. The maximum absolute atomic E-state index is 12.5. The van der Waals surface area contributed by atoms with Crippen molar-refractivity contribution < 1.29 is 8.42 Å². The number of hydrogen-bond acceptors (Lipinski definition) is 3. The van der Waals surface area contributed by atoms with E-state index in [0.29, 0.717) is 10.8 Å². The van der Waals surface area contributed by atoms with Crippen LogP contribution in [0.15, 0.2) is 27.6 Å². The molecular weight excluding hydrogens is 376 g/mol. The Morgan fingerprint density at radius 2 is 2.14 bits per heavy atom. The number of hydrogen-bond donors (Lipinski definition) is 2. The molecule has 120 valence electrons. The van der Waals surface area contributed by atoms with Crippen molar-refractivity contribution in [3.8, 4) is 0 Å². The third-order valence-electron chi connectivity index (χ3n) is 3.82. The normalized spacial score (nSPS) is 20.6. The van der Waals surface area contributed by atoms with Crippen LogP contribution in [0.25, 0.3) is 0 Å². The van der Waals surface area contributed by atoms with Crippen molar-refractivity contribution in [2.75, 3.05) is 13.1 Å². The van der Waals surface area contributed by atoms with Gasteiger partial charge in [-0.25, -0.2) is 13.1 Å². The minimum Gasteiger partial charge on any atom is -0.316 e. The van der Waals surface area contributed by atoms with Gasteiger partial charge in [-0.2, -0.15) is 0 Å². The van der Waals surface area contributed by atoms with E-state index in [1.54, 1.807) is 6.07 Å². The molecule has 0 aliphatic carbocycles. The van der Waals surface area contributed by atoms with Gasteiger partial charge >= 0.3 is 0 Å². The molecule has 1 heterocycles. The molecule has 0 spiro atoms. The van der Waals surface area contributed by atoms with Crippen molar-refractivity contribution in [3.63, 3.8) is 0 Å². The average molecular weight is 398 g/mol. The van der Waals surface area contributed by atoms with Gasteiger partial charge in [-0.05, 0) is 63.4 Å². The van der Waals surface area contributed by atoms with Crippen LogP contribution in [0.3, 0.4) is 0 Å². The number of sulfonamides is 1. The summed E-state index contributed by atoms with van der Waals surface area (Å²) >= 11 is 3.33. The number of piperidine rings is 1. The van der Waals surface area contributed by atoms with E-state index >= 15 is 0 Å². The molecule has 2 rings (SSSR count). The summed E-state index contributed by atoms with van der Waals surface area (Å²) in [6.07, 6.45) is 2.17. The maximum atomic E-state index is 12.5. The summed E-state index contributed by atoms with van der Waals surface area (Å²) < 4.78 is 28.6. The van der Waals surface area contributed by atoms with Crippen LogP contribution in [0.2, 0.25) is 0 Å². The molecule has 0 aromatic heterocycles. The number of halogens is 2. The quantitative estimate of drug-likeness (QED) is 0.821. The standard InChI is InChI=1S/C14H21BrN2O2S.ClH/c1-10-5-6-13(15)8-14(10)20(18,19)17-11(2)12-4-3-7-16-9-12;/h5-6,8,11-12,16-17H,3-4,7,9H2,1-2H3;1H. The van der Waals surface area contributed by atoms with Crippen molar-refractivity contribution in [1.29, 1.82) is 0 Å². The molecular formula is C14H22BrClN2O2S. The second kappa shape index (κ2) is 7.92. The molecule has 2 unspecified atom stereocenters. The number of benzene rings is 1. The molecule has 0 radical (unpaired) electrons. The smallest absolute Gasteiger partial charge is 0.241 e. The van der Waals surface area contributed by atoms with E-state index in [4.69, 9.17) is 0 Å². The Morgan fingerprint density at radius 3 is 2.76 bits per heavy atom. The number of nitrogens with one attached hydrogen (secondary N) is 2. The van der Waals surface area contributed by atoms with Crippen molar-refractivity contribution in [1.82, 2.24) is 10.0 Å². The van der Waals surface area contributed by atoms with Crippen LogP contribution in [0.4, 0.5) is 0 Å². The van der Waals surface area contributed by atoms with E-state index in [9.17, 15) is 8.42 Å². The van der Waals surface area contributed by atoms with Crippen LogP contribution in [-0.2, 0) is 10.0 Å². The highest BCUT2D eigenvalue weighted by atomic mass is 79.9. The minimum absolute atomic E-state index is 0. The van der Waals surface area contributed by atoms with Crippen molar-refractivity contribution in [2.45, 2.75) is 37.6 Å². The summed E-state index contributed by atoms with van der Waals surface area (Å²) in [7, 11) is -3.47. The number of rotatable bonds is 4. The lowest BCUT2D eigenvalue weighted by Gasteiger charge is -2.28. The van der Waals surface area contributed by atoms with Crippen molar-refractivity contribution >= 4 is 38.4 Å². The molecule has 7 heteroatoms. The first-order valence-electron chi connectivity index (χ1n) is 6.89. The highest BCUT2D eigenvalue weighted by molar-refractivity contribution is 9.10. The van der Waals surface area contributed by atoms with Crippen LogP contribution in [0.1, 0.15) is 25.3 Å². The van der Waals surface area contributed by atoms with Crippen LogP contribution in [0, 0.1) is 12.8 Å². The first kappa shape index (κ1) is 18.9. The van der Waals surface area contributed by atoms with Crippen LogP contribution >= 0.6 is 28.3 Å². The van der Waals surface area contributed by atoms with Crippen LogP contribution in [-0.4, -0.2) is 27.5 Å². The Labute approximate surface area is 141 Å². The summed E-state index contributed by atoms with van der Waals surface area (Å²) in [5, 5.41) is 3.32. The Bertz CT molecular complexity index is 574. The minimum atomic E-state index is -3.47. The maximum Gasteiger partial charge on any atom is 0.241 e. The van der Waals surface area contributed by atoms with E-state index in [0.717, 1.165) is 36.0 Å². The predicted molar refractivity (Wildman–Crippen MR) is 91.5 cm³/mol. The van der Waals surface area contributed by atoms with Gasteiger partial charge in [0.15, 0.2) is 0 Å². The fourth-order valence-electron chi connectivity index (χ4n) is 2.57. The first-order valence-corrected chi connectivity index (χ1v) is 9.17. The second-order valence-electron chi connectivity index (χ2n) is 5.43. The molecule has 0 saturated carbocycles. The van der Waals surface area contributed by atoms with Gasteiger partial charge in [0.1, 0.15) is 0 Å². The molecule has 1 saturated heterocycles. The highest BCUT2D eigenvalue weighted by Crippen LogP contribution is 2.22. The zero-order valence-electron chi connectivity index (χ0n) is 12.2. The van der Waals surface area contributed by atoms with Crippen LogP contribution < -0.4 is 10.0 Å². The Hall–Kier alpha value is -0.140. The van der Waals surface area contributed by atoms with E-state index < -0.39 is 10.0 Å². The molecule has 1 aliphatic rings. The monoisotopic (exact) mass is 396 g/mol. The molecule has 1 aliphatic heterocycles. The van der Waals surface area contributed by atoms with Gasteiger partial charge in [-0.1, -0.05) is 22.0 Å². The molecule has 4 nitrogen and oxygen atoms in total. The number of aryl methyl sites for hydroxylation is 1. The molecule has 1 aromatic rings. The molecule has 21 heavy (non-hydrogen) atoms. The fourth-order valence-corrected chi connectivity index (χ4v) is 4.67. The lowest BCUT2D eigenvalue weighted by molar-refractivity contribution is 0.320. The molecule has 2 atom stereocenters. The van der Waals surface area contributed by atoms with Gasteiger partial charge in [-0.15, -0.1) is 12.4 Å². The molecule has 2 N–H and O–H groups in total. The largest absolute Gasteiger partial charge is 0.316 e. The summed E-state index contributed by atoms with van der Waals surface area (Å²) in [6, 6.07) is 5.25. The van der Waals surface area contributed by atoms with Gasteiger partial charge < -0.3 is 5.32 Å². The summed E-state index contributed by atoms with van der Waals surface area (Å²) in [4.78, 5) is 0.350. The van der Waals surface area contributed by atoms with Crippen molar-refractivity contribution in [3.05, 3.63) is 28.2 Å². The lowest BCUT2D eigenvalue weighted by Crippen LogP contribution is -2.44. The Morgan fingerprint density at radius 1 is 1.43 bits per heavy atom. The SMILES string of the molecule is Cc1ccc(Br)cc1S(=O)(=O)NC(C)C1CCCNC1.Cl. The molecule has 0 amide bonds. The first-order chi connectivity index (χ1) is 9.40. The third-order valence-corrected chi connectivity index (χ3v) is 6.02. The summed E-state index contributed by atoms with van der Waals surface area (Å²) in [5.74, 6) is 0.353. The Balaban J connectivity index is 0.00000220. The van der Waals surface area contributed by atoms with E-state index in [1.807, 2.05) is 26.0 Å². The topological polar surface area (TPSA) is 58.2 Å². The fraction of sp³-hybridized carbons (Fsp3) is 0.571. The zero-order valence-corrected chi connectivity index (χ0v) is 15.4. The van der Waals surface area contributed by atoms with Gasteiger partial charge in [-0.3, -0.25) is 0 Å². The third kappa shape index (κ3) is 4.93. The summed E-state index contributed by atoms with van der Waals surface area (Å²) in [5.41, 5.74) is 0.759. The van der Waals surface area contributed by atoms with E-state index in [1.165, 1.54) is 0 Å². The van der Waals surface area contributed by atoms with Crippen LogP contribution in [0.5, 0.6) is 0 Å². The predicted octanol–water partition coefficient (Wildman–Crippen LogP) is 2.85. The molecule has 0 bridgehead atoms. The lowest BCUT2D eigenvalue weighted by atomic mass is 9.94. The average Bonchev–Trinajstić information content (AvgIpc) is 2.42. The zero-order chi connectivity index (χ0) is 14.8. The second-order valence-corrected chi connectivity index (χ2v) is 8.02.